The van der Waals surface area contributed by atoms with Gasteiger partial charge in [-0.3, -0.25) is 0 Å². The second kappa shape index (κ2) is 7.79. The van der Waals surface area contributed by atoms with E-state index in [-0.39, 0.29) is 0 Å². The lowest BCUT2D eigenvalue weighted by molar-refractivity contribution is 0.175. The number of rotatable bonds is 6. The first-order valence-corrected chi connectivity index (χ1v) is 7.71. The molecule has 1 unspecified atom stereocenters. The molecule has 106 valence electrons. The van der Waals surface area contributed by atoms with E-state index in [1.54, 1.807) is 0 Å². The van der Waals surface area contributed by atoms with Crippen LogP contribution in [0, 0.1) is 0 Å². The Labute approximate surface area is 132 Å². The van der Waals surface area contributed by atoms with Crippen molar-refractivity contribution < 1.29 is 5.11 Å². The lowest BCUT2D eigenvalue weighted by Crippen LogP contribution is -2.23. The van der Waals surface area contributed by atoms with Crippen LogP contribution in [0.1, 0.15) is 17.2 Å². The van der Waals surface area contributed by atoms with E-state index in [1.165, 1.54) is 5.56 Å². The maximum Gasteiger partial charge on any atom is 0.0914 e. The largest absolute Gasteiger partial charge is 0.387 e. The van der Waals surface area contributed by atoms with Crippen LogP contribution in [0.25, 0.3) is 0 Å². The predicted molar refractivity (Wildman–Crippen MR) is 87.1 cm³/mol. The van der Waals surface area contributed by atoms with Gasteiger partial charge in [0.15, 0.2) is 0 Å². The Morgan fingerprint density at radius 3 is 2.65 bits per heavy atom. The van der Waals surface area contributed by atoms with E-state index in [4.69, 9.17) is 11.6 Å². The molecular formula is C16H17BrClNO. The highest BCUT2D eigenvalue weighted by Crippen LogP contribution is 2.21. The Morgan fingerprint density at radius 1 is 1.15 bits per heavy atom. The van der Waals surface area contributed by atoms with Crippen LogP contribution in [0.15, 0.2) is 53.0 Å². The molecule has 0 bridgehead atoms. The zero-order chi connectivity index (χ0) is 14.4. The van der Waals surface area contributed by atoms with Gasteiger partial charge in [0, 0.05) is 16.0 Å². The standard InChI is InChI=1S/C16H17BrClNO/c17-15-7-6-14(18)10-13(15)8-9-19-11-16(20)12-4-2-1-3-5-12/h1-7,10,16,19-20H,8-9,11H2. The zero-order valence-corrected chi connectivity index (χ0v) is 13.4. The summed E-state index contributed by atoms with van der Waals surface area (Å²) in [5, 5.41) is 14.0. The van der Waals surface area contributed by atoms with Gasteiger partial charge in [-0.25, -0.2) is 0 Å². The van der Waals surface area contributed by atoms with Crippen molar-refractivity contribution in [1.82, 2.24) is 5.32 Å². The van der Waals surface area contributed by atoms with E-state index in [0.717, 1.165) is 28.0 Å². The van der Waals surface area contributed by atoms with E-state index < -0.39 is 6.10 Å². The van der Waals surface area contributed by atoms with E-state index in [2.05, 4.69) is 21.2 Å². The van der Waals surface area contributed by atoms with Gasteiger partial charge in [0.25, 0.3) is 0 Å². The molecule has 0 spiro atoms. The average Bonchev–Trinajstić information content (AvgIpc) is 2.47. The molecule has 0 aromatic heterocycles. The van der Waals surface area contributed by atoms with Crippen molar-refractivity contribution in [2.45, 2.75) is 12.5 Å². The molecule has 2 rings (SSSR count). The van der Waals surface area contributed by atoms with Crippen LogP contribution in [-0.2, 0) is 6.42 Å². The first kappa shape index (κ1) is 15.5. The van der Waals surface area contributed by atoms with Crippen LogP contribution < -0.4 is 5.32 Å². The number of hydrogen-bond acceptors (Lipinski definition) is 2. The number of nitrogens with one attached hydrogen (secondary N) is 1. The van der Waals surface area contributed by atoms with Crippen molar-refractivity contribution in [3.8, 4) is 0 Å². The SMILES string of the molecule is OC(CNCCc1cc(Cl)ccc1Br)c1ccccc1. The van der Waals surface area contributed by atoms with Gasteiger partial charge in [-0.2, -0.15) is 0 Å². The molecule has 2 N–H and O–H groups in total. The topological polar surface area (TPSA) is 32.3 Å². The lowest BCUT2D eigenvalue weighted by atomic mass is 10.1. The van der Waals surface area contributed by atoms with Crippen molar-refractivity contribution >= 4 is 27.5 Å². The van der Waals surface area contributed by atoms with Crippen molar-refractivity contribution in [1.29, 1.82) is 0 Å². The molecule has 4 heteroatoms. The number of halogens is 2. The second-order valence-corrected chi connectivity index (χ2v) is 5.91. The Balaban J connectivity index is 1.78. The maximum absolute atomic E-state index is 10.0. The molecule has 1 atom stereocenters. The summed E-state index contributed by atoms with van der Waals surface area (Å²) in [6.07, 6.45) is 0.391. The van der Waals surface area contributed by atoms with Gasteiger partial charge >= 0.3 is 0 Å². The van der Waals surface area contributed by atoms with Gasteiger partial charge in [-0.15, -0.1) is 0 Å². The Morgan fingerprint density at radius 2 is 1.90 bits per heavy atom. The number of aliphatic hydroxyl groups excluding tert-OH is 1. The number of aliphatic hydroxyl groups is 1. The van der Waals surface area contributed by atoms with Gasteiger partial charge in [0.2, 0.25) is 0 Å². The van der Waals surface area contributed by atoms with Crippen LogP contribution in [0.5, 0.6) is 0 Å². The fraction of sp³-hybridized carbons (Fsp3) is 0.250. The lowest BCUT2D eigenvalue weighted by Gasteiger charge is -2.12. The minimum atomic E-state index is -0.473. The summed E-state index contributed by atoms with van der Waals surface area (Å²) < 4.78 is 1.06. The van der Waals surface area contributed by atoms with Gasteiger partial charge in [-0.1, -0.05) is 57.9 Å². The molecule has 2 aromatic carbocycles. The van der Waals surface area contributed by atoms with Gasteiger partial charge in [-0.05, 0) is 42.3 Å². The maximum atomic E-state index is 10.0. The predicted octanol–water partition coefficient (Wildman–Crippen LogP) is 3.97. The molecule has 2 nitrogen and oxygen atoms in total. The highest BCUT2D eigenvalue weighted by Gasteiger charge is 2.06. The van der Waals surface area contributed by atoms with Crippen molar-refractivity contribution in [3.63, 3.8) is 0 Å². The molecule has 0 aliphatic heterocycles. The highest BCUT2D eigenvalue weighted by atomic mass is 79.9. The summed E-state index contributed by atoms with van der Waals surface area (Å²) in [4.78, 5) is 0. The third-order valence-electron chi connectivity index (χ3n) is 3.10. The normalized spacial score (nSPS) is 12.3. The molecule has 0 saturated heterocycles. The third kappa shape index (κ3) is 4.60. The summed E-state index contributed by atoms with van der Waals surface area (Å²) >= 11 is 9.49. The zero-order valence-electron chi connectivity index (χ0n) is 11.0. The molecule has 0 aliphatic carbocycles. The average molecular weight is 355 g/mol. The van der Waals surface area contributed by atoms with E-state index in [1.807, 2.05) is 48.5 Å². The van der Waals surface area contributed by atoms with E-state index in [9.17, 15) is 5.11 Å². The van der Waals surface area contributed by atoms with Crippen LogP contribution >= 0.6 is 27.5 Å². The minimum Gasteiger partial charge on any atom is -0.387 e. The molecule has 20 heavy (non-hydrogen) atoms. The number of benzene rings is 2. The summed E-state index contributed by atoms with van der Waals surface area (Å²) in [7, 11) is 0. The van der Waals surface area contributed by atoms with E-state index in [0.29, 0.717) is 6.54 Å². The van der Waals surface area contributed by atoms with Crippen LogP contribution in [0.3, 0.4) is 0 Å². The first-order chi connectivity index (χ1) is 9.66. The smallest absolute Gasteiger partial charge is 0.0914 e. The molecule has 0 radical (unpaired) electrons. The van der Waals surface area contributed by atoms with Crippen LogP contribution in [0.4, 0.5) is 0 Å². The summed E-state index contributed by atoms with van der Waals surface area (Å²) in [5.41, 5.74) is 2.10. The molecule has 0 saturated carbocycles. The summed E-state index contributed by atoms with van der Waals surface area (Å²) in [6.45, 7) is 1.34. The molecule has 2 aromatic rings. The van der Waals surface area contributed by atoms with Crippen molar-refractivity contribution in [3.05, 3.63) is 69.2 Å². The number of hydrogen-bond donors (Lipinski definition) is 2. The quantitative estimate of drug-likeness (QED) is 0.769. The molecule has 0 heterocycles. The molecule has 0 fully saturated rings. The Bertz CT molecular complexity index is 547. The monoisotopic (exact) mass is 353 g/mol. The van der Waals surface area contributed by atoms with E-state index >= 15 is 0 Å². The van der Waals surface area contributed by atoms with Crippen molar-refractivity contribution in [2.24, 2.45) is 0 Å². The van der Waals surface area contributed by atoms with Gasteiger partial charge in [0.1, 0.15) is 0 Å². The van der Waals surface area contributed by atoms with Crippen LogP contribution in [-0.4, -0.2) is 18.2 Å². The molecule has 0 amide bonds. The van der Waals surface area contributed by atoms with Crippen LogP contribution in [0.2, 0.25) is 5.02 Å². The fourth-order valence-electron chi connectivity index (χ4n) is 1.99. The summed E-state index contributed by atoms with van der Waals surface area (Å²) in [6, 6.07) is 15.4. The summed E-state index contributed by atoms with van der Waals surface area (Å²) in [5.74, 6) is 0. The molecular weight excluding hydrogens is 338 g/mol. The van der Waals surface area contributed by atoms with Gasteiger partial charge < -0.3 is 10.4 Å². The third-order valence-corrected chi connectivity index (χ3v) is 4.11. The highest BCUT2D eigenvalue weighted by molar-refractivity contribution is 9.10. The molecule has 0 aliphatic rings. The first-order valence-electron chi connectivity index (χ1n) is 6.54. The minimum absolute atomic E-state index is 0.473. The van der Waals surface area contributed by atoms with Gasteiger partial charge in [0.05, 0.1) is 6.10 Å². The fourth-order valence-corrected chi connectivity index (χ4v) is 2.63. The Kier molecular flexibility index (Phi) is 6.05. The Hall–Kier alpha value is -0.870. The van der Waals surface area contributed by atoms with Crippen molar-refractivity contribution in [2.75, 3.05) is 13.1 Å². The second-order valence-electron chi connectivity index (χ2n) is 4.62.